The molecule has 1 N–H and O–H groups in total. The van der Waals surface area contributed by atoms with Crippen LogP contribution in [0.3, 0.4) is 0 Å². The van der Waals surface area contributed by atoms with Gasteiger partial charge >= 0.3 is 0 Å². The van der Waals surface area contributed by atoms with Crippen molar-refractivity contribution in [3.8, 4) is 0 Å². The second-order valence-corrected chi connectivity index (χ2v) is 7.29. The smallest absolute Gasteiger partial charge is 0.0370 e. The number of fused-ring (bicyclic) bond motifs is 2. The molecule has 2 atom stereocenters. The van der Waals surface area contributed by atoms with Gasteiger partial charge in [-0.05, 0) is 60.8 Å². The normalized spacial score (nSPS) is 29.2. The predicted octanol–water partition coefficient (Wildman–Crippen LogP) is 3.63. The number of hydrogen-bond donors (Lipinski definition) is 1. The third-order valence-electron chi connectivity index (χ3n) is 5.29. The van der Waals surface area contributed by atoms with Crippen LogP contribution in [-0.2, 0) is 0 Å². The third-order valence-corrected chi connectivity index (χ3v) is 5.29. The molecule has 0 amide bonds. The van der Waals surface area contributed by atoms with Gasteiger partial charge in [0.15, 0.2) is 0 Å². The second kappa shape index (κ2) is 4.77. The molecule has 2 heteroatoms. The van der Waals surface area contributed by atoms with Crippen molar-refractivity contribution < 1.29 is 0 Å². The Morgan fingerprint density at radius 2 is 1.75 bits per heavy atom. The lowest BCUT2D eigenvalue weighted by atomic mass is 9.93. The van der Waals surface area contributed by atoms with E-state index in [1.807, 2.05) is 0 Å². The zero-order valence-electron chi connectivity index (χ0n) is 12.7. The molecule has 0 spiro atoms. The van der Waals surface area contributed by atoms with Gasteiger partial charge in [-0.1, -0.05) is 19.9 Å². The summed E-state index contributed by atoms with van der Waals surface area (Å²) in [5.74, 6) is 1.51. The van der Waals surface area contributed by atoms with E-state index < -0.39 is 0 Å². The summed E-state index contributed by atoms with van der Waals surface area (Å²) in [6.45, 7) is 7.04. The molecule has 1 aromatic carbocycles. The van der Waals surface area contributed by atoms with E-state index in [2.05, 4.69) is 42.3 Å². The maximum atomic E-state index is 3.73. The zero-order chi connectivity index (χ0) is 13.7. The molecule has 2 bridgehead atoms. The SMILES string of the molecule is CC(C)c1ccc(N2CC3CCC(C2)N3)cc1C1CC1. The van der Waals surface area contributed by atoms with Gasteiger partial charge in [-0.3, -0.25) is 0 Å². The lowest BCUT2D eigenvalue weighted by Gasteiger charge is -2.35. The highest BCUT2D eigenvalue weighted by molar-refractivity contribution is 5.54. The highest BCUT2D eigenvalue weighted by atomic mass is 15.2. The first kappa shape index (κ1) is 12.7. The van der Waals surface area contributed by atoms with Crippen LogP contribution in [0.1, 0.15) is 62.5 Å². The Morgan fingerprint density at radius 1 is 1.05 bits per heavy atom. The van der Waals surface area contributed by atoms with E-state index >= 15 is 0 Å². The number of piperazine rings is 1. The van der Waals surface area contributed by atoms with Gasteiger partial charge in [0.2, 0.25) is 0 Å². The Kier molecular flexibility index (Phi) is 3.03. The molecule has 3 aliphatic rings. The van der Waals surface area contributed by atoms with E-state index in [-0.39, 0.29) is 0 Å². The first-order valence-corrected chi connectivity index (χ1v) is 8.35. The van der Waals surface area contributed by atoms with Crippen molar-refractivity contribution in [2.75, 3.05) is 18.0 Å². The number of hydrogen-bond acceptors (Lipinski definition) is 2. The summed E-state index contributed by atoms with van der Waals surface area (Å²) >= 11 is 0. The second-order valence-electron chi connectivity index (χ2n) is 7.29. The van der Waals surface area contributed by atoms with Crippen LogP contribution in [0.4, 0.5) is 5.69 Å². The van der Waals surface area contributed by atoms with E-state index in [1.54, 1.807) is 11.1 Å². The number of nitrogens with zero attached hydrogens (tertiary/aromatic N) is 1. The molecule has 108 valence electrons. The summed E-state index contributed by atoms with van der Waals surface area (Å²) in [5, 5.41) is 3.73. The minimum Gasteiger partial charge on any atom is -0.368 e. The van der Waals surface area contributed by atoms with Crippen LogP contribution in [0.2, 0.25) is 0 Å². The largest absolute Gasteiger partial charge is 0.368 e. The fourth-order valence-corrected chi connectivity index (χ4v) is 4.04. The average molecular weight is 270 g/mol. The van der Waals surface area contributed by atoms with Crippen molar-refractivity contribution in [1.82, 2.24) is 5.32 Å². The van der Waals surface area contributed by atoms with Gasteiger partial charge in [-0.15, -0.1) is 0 Å². The number of benzene rings is 1. The summed E-state index contributed by atoms with van der Waals surface area (Å²) in [7, 11) is 0. The van der Waals surface area contributed by atoms with Crippen LogP contribution in [0.5, 0.6) is 0 Å². The van der Waals surface area contributed by atoms with Crippen molar-refractivity contribution in [3.05, 3.63) is 29.3 Å². The monoisotopic (exact) mass is 270 g/mol. The lowest BCUT2D eigenvalue weighted by molar-refractivity contribution is 0.466. The van der Waals surface area contributed by atoms with Crippen LogP contribution in [-0.4, -0.2) is 25.2 Å². The van der Waals surface area contributed by atoms with Crippen molar-refractivity contribution in [2.24, 2.45) is 0 Å². The topological polar surface area (TPSA) is 15.3 Å². The van der Waals surface area contributed by atoms with E-state index in [9.17, 15) is 0 Å². The minimum absolute atomic E-state index is 0.652. The number of rotatable bonds is 3. The molecular formula is C18H26N2. The highest BCUT2D eigenvalue weighted by Crippen LogP contribution is 2.44. The highest BCUT2D eigenvalue weighted by Gasteiger charge is 2.33. The molecule has 1 aliphatic carbocycles. The molecule has 1 saturated carbocycles. The van der Waals surface area contributed by atoms with Crippen molar-refractivity contribution in [2.45, 2.75) is 63.5 Å². The standard InChI is InChI=1S/C18H26N2/c1-12(2)17-8-7-16(9-18(17)13-3-4-13)20-10-14-5-6-15(11-20)19-14/h7-9,12-15,19H,3-6,10-11H2,1-2H3. The van der Waals surface area contributed by atoms with E-state index in [0.717, 1.165) is 18.0 Å². The molecule has 2 saturated heterocycles. The molecule has 2 heterocycles. The third kappa shape index (κ3) is 2.24. The molecule has 1 aromatic rings. The zero-order valence-corrected chi connectivity index (χ0v) is 12.7. The maximum Gasteiger partial charge on any atom is 0.0370 e. The van der Waals surface area contributed by atoms with Gasteiger partial charge in [0.25, 0.3) is 0 Å². The van der Waals surface area contributed by atoms with Crippen LogP contribution < -0.4 is 10.2 Å². The van der Waals surface area contributed by atoms with E-state index in [4.69, 9.17) is 0 Å². The molecule has 0 radical (unpaired) electrons. The fraction of sp³-hybridized carbons (Fsp3) is 0.667. The van der Waals surface area contributed by atoms with Crippen LogP contribution in [0.25, 0.3) is 0 Å². The molecule has 0 aromatic heterocycles. The summed E-state index contributed by atoms with van der Waals surface area (Å²) in [6, 6.07) is 8.73. The van der Waals surface area contributed by atoms with Gasteiger partial charge in [-0.2, -0.15) is 0 Å². The Labute approximate surface area is 122 Å². The molecule has 20 heavy (non-hydrogen) atoms. The number of anilines is 1. The van der Waals surface area contributed by atoms with Crippen molar-refractivity contribution in [3.63, 3.8) is 0 Å². The Balaban J connectivity index is 1.63. The molecule has 3 fully saturated rings. The van der Waals surface area contributed by atoms with Gasteiger partial charge in [-0.25, -0.2) is 0 Å². The van der Waals surface area contributed by atoms with Gasteiger partial charge < -0.3 is 10.2 Å². The van der Waals surface area contributed by atoms with Crippen molar-refractivity contribution in [1.29, 1.82) is 0 Å². The molecule has 2 nitrogen and oxygen atoms in total. The van der Waals surface area contributed by atoms with Gasteiger partial charge in [0.1, 0.15) is 0 Å². The van der Waals surface area contributed by atoms with Crippen LogP contribution in [0.15, 0.2) is 18.2 Å². The van der Waals surface area contributed by atoms with E-state index in [1.165, 1.54) is 44.5 Å². The summed E-state index contributed by atoms with van der Waals surface area (Å²) in [5.41, 5.74) is 4.69. The molecule has 2 aliphatic heterocycles. The van der Waals surface area contributed by atoms with Gasteiger partial charge in [0, 0.05) is 30.9 Å². The van der Waals surface area contributed by atoms with Crippen molar-refractivity contribution >= 4 is 5.69 Å². The quantitative estimate of drug-likeness (QED) is 0.902. The Hall–Kier alpha value is -1.02. The Morgan fingerprint density at radius 3 is 2.35 bits per heavy atom. The summed E-state index contributed by atoms with van der Waals surface area (Å²) < 4.78 is 0. The molecule has 2 unspecified atom stereocenters. The number of nitrogens with one attached hydrogen (secondary N) is 1. The maximum absolute atomic E-state index is 3.73. The first-order valence-electron chi connectivity index (χ1n) is 8.35. The van der Waals surface area contributed by atoms with E-state index in [0.29, 0.717) is 5.92 Å². The molecule has 4 rings (SSSR count). The first-order chi connectivity index (χ1) is 9.70. The van der Waals surface area contributed by atoms with Crippen LogP contribution >= 0.6 is 0 Å². The van der Waals surface area contributed by atoms with Crippen LogP contribution in [0, 0.1) is 0 Å². The van der Waals surface area contributed by atoms with Gasteiger partial charge in [0.05, 0.1) is 0 Å². The fourth-order valence-electron chi connectivity index (χ4n) is 4.04. The average Bonchev–Trinajstić information content (AvgIpc) is 3.24. The molecular weight excluding hydrogens is 244 g/mol. The summed E-state index contributed by atoms with van der Waals surface area (Å²) in [4.78, 5) is 2.62. The lowest BCUT2D eigenvalue weighted by Crippen LogP contribution is -2.51. The minimum atomic E-state index is 0.652. The Bertz CT molecular complexity index is 492. The summed E-state index contributed by atoms with van der Waals surface area (Å²) in [6.07, 6.45) is 5.52. The predicted molar refractivity (Wildman–Crippen MR) is 84.7 cm³/mol.